The minimum Gasteiger partial charge on any atom is -1.00 e. The summed E-state index contributed by atoms with van der Waals surface area (Å²) in [5.41, 5.74) is 1.93. The van der Waals surface area contributed by atoms with Crippen LogP contribution in [-0.2, 0) is 34.9 Å². The maximum absolute atomic E-state index is 8.54. The predicted molar refractivity (Wildman–Crippen MR) is 64.7 cm³/mol. The predicted octanol–water partition coefficient (Wildman–Crippen LogP) is -3.64. The third kappa shape index (κ3) is 11.2. The fourth-order valence-electron chi connectivity index (χ4n) is 1.17. The van der Waals surface area contributed by atoms with Crippen molar-refractivity contribution in [3.05, 3.63) is 71.8 Å². The van der Waals surface area contributed by atoms with Crippen molar-refractivity contribution >= 4 is 0 Å². The summed E-state index contributed by atoms with van der Waals surface area (Å²) < 4.78 is 0. The van der Waals surface area contributed by atoms with Crippen molar-refractivity contribution in [2.45, 2.75) is 13.2 Å². The van der Waals surface area contributed by atoms with E-state index in [-0.39, 0.29) is 59.7 Å². The summed E-state index contributed by atoms with van der Waals surface area (Å²) in [6.07, 6.45) is 0. The van der Waals surface area contributed by atoms with Gasteiger partial charge >= 0.3 is 0 Å². The second kappa shape index (κ2) is 15.7. The number of benzene rings is 2. The van der Waals surface area contributed by atoms with E-state index >= 15 is 0 Å². The molecule has 0 saturated heterocycles. The first kappa shape index (κ1) is 23.7. The second-order valence-electron chi connectivity index (χ2n) is 3.29. The van der Waals surface area contributed by atoms with Gasteiger partial charge in [0.1, 0.15) is 0 Å². The minimum atomic E-state index is 0. The van der Waals surface area contributed by atoms with E-state index < -0.39 is 0 Å². The van der Waals surface area contributed by atoms with E-state index in [1.807, 2.05) is 60.7 Å². The molecule has 0 aliphatic rings. The van der Waals surface area contributed by atoms with Crippen molar-refractivity contribution in [2.24, 2.45) is 0 Å². The van der Waals surface area contributed by atoms with Gasteiger partial charge in [0.15, 0.2) is 0 Å². The van der Waals surface area contributed by atoms with Crippen LogP contribution in [0.2, 0.25) is 0 Å². The molecular formula is C14H16Cl2O2Ti-2. The third-order valence-corrected chi connectivity index (χ3v) is 2.05. The Bertz CT molecular complexity index is 346. The number of hydrogen-bond acceptors (Lipinski definition) is 2. The van der Waals surface area contributed by atoms with Crippen LogP contribution in [0.15, 0.2) is 60.7 Å². The molecule has 2 aromatic rings. The zero-order chi connectivity index (χ0) is 11.6. The van der Waals surface area contributed by atoms with Crippen molar-refractivity contribution in [2.75, 3.05) is 0 Å². The van der Waals surface area contributed by atoms with Crippen LogP contribution in [0.5, 0.6) is 0 Å². The SMILES string of the molecule is OCc1ccccc1.OCc1ccccc1.[Cl-].[Cl-].[Ti]. The molecule has 0 unspecified atom stereocenters. The molecule has 0 saturated carbocycles. The third-order valence-electron chi connectivity index (χ3n) is 2.05. The number of hydrogen-bond donors (Lipinski definition) is 2. The molecule has 0 aliphatic heterocycles. The largest absolute Gasteiger partial charge is 1.00 e. The Hall–Kier alpha value is -0.346. The molecule has 19 heavy (non-hydrogen) atoms. The maximum Gasteiger partial charge on any atom is 0.0681 e. The molecular weight excluding hydrogens is 319 g/mol. The summed E-state index contributed by atoms with van der Waals surface area (Å²) in [5.74, 6) is 0. The molecule has 0 amide bonds. The van der Waals surface area contributed by atoms with Crippen LogP contribution in [-0.4, -0.2) is 10.2 Å². The molecule has 2 aromatic carbocycles. The van der Waals surface area contributed by atoms with Crippen LogP contribution in [0.3, 0.4) is 0 Å². The zero-order valence-electron chi connectivity index (χ0n) is 10.3. The normalized spacial score (nSPS) is 7.68. The number of halogens is 2. The maximum atomic E-state index is 8.54. The Labute approximate surface area is 141 Å². The smallest absolute Gasteiger partial charge is 0.0681 e. The second-order valence-corrected chi connectivity index (χ2v) is 3.29. The van der Waals surface area contributed by atoms with Gasteiger partial charge in [0, 0.05) is 21.7 Å². The number of rotatable bonds is 2. The Morgan fingerprint density at radius 3 is 1.00 bits per heavy atom. The molecule has 5 heteroatoms. The van der Waals surface area contributed by atoms with Crippen molar-refractivity contribution in [3.8, 4) is 0 Å². The molecule has 0 bridgehead atoms. The number of aliphatic hydroxyl groups is 2. The quantitative estimate of drug-likeness (QED) is 0.556. The molecule has 0 heterocycles. The summed E-state index contributed by atoms with van der Waals surface area (Å²) in [6, 6.07) is 19.0. The molecule has 2 N–H and O–H groups in total. The average Bonchev–Trinajstić information content (AvgIpc) is 2.41. The number of aliphatic hydroxyl groups excluding tert-OH is 2. The minimum absolute atomic E-state index is 0. The van der Waals surface area contributed by atoms with Crippen molar-refractivity contribution in [1.82, 2.24) is 0 Å². The average molecular weight is 335 g/mol. The molecule has 0 atom stereocenters. The van der Waals surface area contributed by atoms with Gasteiger partial charge in [-0.3, -0.25) is 0 Å². The van der Waals surface area contributed by atoms with Crippen molar-refractivity contribution in [1.29, 1.82) is 0 Å². The molecule has 2 nitrogen and oxygen atoms in total. The van der Waals surface area contributed by atoms with Gasteiger partial charge in [0.25, 0.3) is 0 Å². The van der Waals surface area contributed by atoms with Crippen LogP contribution in [0.4, 0.5) is 0 Å². The first-order valence-electron chi connectivity index (χ1n) is 5.16. The monoisotopic (exact) mass is 334 g/mol. The van der Waals surface area contributed by atoms with Gasteiger partial charge in [0.05, 0.1) is 13.2 Å². The Morgan fingerprint density at radius 2 is 0.842 bits per heavy atom. The summed E-state index contributed by atoms with van der Waals surface area (Å²) >= 11 is 0. The molecule has 2 rings (SSSR count). The van der Waals surface area contributed by atoms with Crippen LogP contribution < -0.4 is 24.8 Å². The van der Waals surface area contributed by atoms with Gasteiger partial charge in [-0.25, -0.2) is 0 Å². The first-order valence-corrected chi connectivity index (χ1v) is 5.16. The topological polar surface area (TPSA) is 40.5 Å². The molecule has 104 valence electrons. The fourth-order valence-corrected chi connectivity index (χ4v) is 1.17. The molecule has 0 fully saturated rings. The first-order chi connectivity index (χ1) is 7.86. The van der Waals surface area contributed by atoms with Gasteiger partial charge in [-0.05, 0) is 11.1 Å². The van der Waals surface area contributed by atoms with Crippen LogP contribution in [0, 0.1) is 0 Å². The van der Waals surface area contributed by atoms with E-state index in [2.05, 4.69) is 0 Å². The Morgan fingerprint density at radius 1 is 0.579 bits per heavy atom. The summed E-state index contributed by atoms with van der Waals surface area (Å²) in [7, 11) is 0. The molecule has 0 aliphatic carbocycles. The summed E-state index contributed by atoms with van der Waals surface area (Å²) in [4.78, 5) is 0. The van der Waals surface area contributed by atoms with E-state index in [1.54, 1.807) is 0 Å². The van der Waals surface area contributed by atoms with Crippen molar-refractivity contribution in [3.63, 3.8) is 0 Å². The fraction of sp³-hybridized carbons (Fsp3) is 0.143. The Balaban J connectivity index is -0.000000233. The van der Waals surface area contributed by atoms with E-state index in [0.29, 0.717) is 0 Å². The van der Waals surface area contributed by atoms with E-state index in [0.717, 1.165) is 11.1 Å². The van der Waals surface area contributed by atoms with Crippen molar-refractivity contribution < 1.29 is 56.7 Å². The Kier molecular flexibility index (Phi) is 19.6. The van der Waals surface area contributed by atoms with Gasteiger partial charge in [-0.2, -0.15) is 0 Å². The van der Waals surface area contributed by atoms with E-state index in [4.69, 9.17) is 10.2 Å². The van der Waals surface area contributed by atoms with Gasteiger partial charge in [-0.15, -0.1) is 0 Å². The standard InChI is InChI=1S/2C7H8O.2ClH.Ti/c2*8-6-7-4-2-1-3-5-7;;;/h2*1-5,8H,6H2;2*1H;/p-2. The van der Waals surface area contributed by atoms with Gasteiger partial charge in [-0.1, -0.05) is 60.7 Å². The van der Waals surface area contributed by atoms with Crippen LogP contribution in [0.1, 0.15) is 11.1 Å². The molecule has 0 aromatic heterocycles. The molecule has 0 spiro atoms. The van der Waals surface area contributed by atoms with Crippen LogP contribution >= 0.6 is 0 Å². The summed E-state index contributed by atoms with van der Waals surface area (Å²) in [5, 5.41) is 17.1. The van der Waals surface area contributed by atoms with Crippen LogP contribution in [0.25, 0.3) is 0 Å². The van der Waals surface area contributed by atoms with E-state index in [9.17, 15) is 0 Å². The van der Waals surface area contributed by atoms with Gasteiger partial charge in [0.2, 0.25) is 0 Å². The summed E-state index contributed by atoms with van der Waals surface area (Å²) in [6.45, 7) is 0.279. The van der Waals surface area contributed by atoms with E-state index in [1.165, 1.54) is 0 Å². The molecule has 0 radical (unpaired) electrons. The zero-order valence-corrected chi connectivity index (χ0v) is 13.4. The van der Waals surface area contributed by atoms with Gasteiger partial charge < -0.3 is 35.0 Å².